The van der Waals surface area contributed by atoms with Crippen molar-refractivity contribution in [3.63, 3.8) is 0 Å². The standard InChI is InChI=1S/C15H15NO2/c1-12(16(17)18)15(13-8-4-2-5-9-13)14-10-6-3-7-11-14/h2-12,15H,1H3/t12-/m1/s1. The lowest BCUT2D eigenvalue weighted by Gasteiger charge is -2.19. The van der Waals surface area contributed by atoms with Crippen LogP contribution >= 0.6 is 0 Å². The van der Waals surface area contributed by atoms with E-state index in [-0.39, 0.29) is 10.8 Å². The lowest BCUT2D eigenvalue weighted by Crippen LogP contribution is -2.25. The SMILES string of the molecule is C[C@H](C(c1ccccc1)c1ccccc1)[N+](=O)[O-]. The lowest BCUT2D eigenvalue weighted by molar-refractivity contribution is -0.520. The Balaban J connectivity index is 2.45. The van der Waals surface area contributed by atoms with Crippen LogP contribution in [0, 0.1) is 10.1 Å². The smallest absolute Gasteiger partial charge is 0.221 e. The molecule has 0 saturated carbocycles. The molecule has 0 aliphatic heterocycles. The third-order valence-electron chi connectivity index (χ3n) is 3.13. The fourth-order valence-corrected chi connectivity index (χ4v) is 2.19. The Labute approximate surface area is 106 Å². The molecule has 2 aromatic carbocycles. The molecule has 2 rings (SSSR count). The Morgan fingerprint density at radius 2 is 1.28 bits per heavy atom. The van der Waals surface area contributed by atoms with Crippen LogP contribution < -0.4 is 0 Å². The molecule has 0 heterocycles. The molecule has 0 unspecified atom stereocenters. The topological polar surface area (TPSA) is 43.1 Å². The van der Waals surface area contributed by atoms with Crippen LogP contribution in [0.1, 0.15) is 24.0 Å². The van der Waals surface area contributed by atoms with E-state index in [2.05, 4.69) is 0 Å². The van der Waals surface area contributed by atoms with Gasteiger partial charge in [0.2, 0.25) is 6.04 Å². The highest BCUT2D eigenvalue weighted by molar-refractivity contribution is 5.33. The Kier molecular flexibility index (Phi) is 3.72. The average molecular weight is 241 g/mol. The second-order valence-electron chi connectivity index (χ2n) is 4.32. The van der Waals surface area contributed by atoms with Crippen molar-refractivity contribution in [1.29, 1.82) is 0 Å². The maximum atomic E-state index is 11.1. The molecule has 1 atom stereocenters. The zero-order valence-corrected chi connectivity index (χ0v) is 10.2. The van der Waals surface area contributed by atoms with Gasteiger partial charge in [0.05, 0.1) is 5.92 Å². The van der Waals surface area contributed by atoms with E-state index in [1.807, 2.05) is 60.7 Å². The Hall–Kier alpha value is -2.16. The van der Waals surface area contributed by atoms with Gasteiger partial charge in [0, 0.05) is 11.8 Å². The first-order valence-corrected chi connectivity index (χ1v) is 5.93. The van der Waals surface area contributed by atoms with Crippen molar-refractivity contribution in [2.45, 2.75) is 18.9 Å². The van der Waals surface area contributed by atoms with Crippen molar-refractivity contribution in [2.75, 3.05) is 0 Å². The van der Waals surface area contributed by atoms with Crippen LogP contribution in [0.3, 0.4) is 0 Å². The summed E-state index contributed by atoms with van der Waals surface area (Å²) in [6, 6.07) is 18.6. The second-order valence-corrected chi connectivity index (χ2v) is 4.32. The summed E-state index contributed by atoms with van der Waals surface area (Å²) in [5.74, 6) is -0.206. The Morgan fingerprint density at radius 3 is 1.61 bits per heavy atom. The number of hydrogen-bond donors (Lipinski definition) is 0. The minimum atomic E-state index is -0.644. The van der Waals surface area contributed by atoms with Gasteiger partial charge < -0.3 is 0 Å². The normalized spacial score (nSPS) is 12.3. The number of nitro groups is 1. The predicted molar refractivity (Wildman–Crippen MR) is 71.2 cm³/mol. The van der Waals surface area contributed by atoms with Gasteiger partial charge in [0.25, 0.3) is 0 Å². The van der Waals surface area contributed by atoms with Gasteiger partial charge in [-0.3, -0.25) is 10.1 Å². The van der Waals surface area contributed by atoms with Gasteiger partial charge in [0.15, 0.2) is 0 Å². The van der Waals surface area contributed by atoms with Crippen LogP contribution in [0.2, 0.25) is 0 Å². The number of rotatable bonds is 4. The quantitative estimate of drug-likeness (QED) is 0.607. The van der Waals surface area contributed by atoms with E-state index in [1.165, 1.54) is 0 Å². The van der Waals surface area contributed by atoms with E-state index in [0.717, 1.165) is 11.1 Å². The second kappa shape index (κ2) is 5.45. The van der Waals surface area contributed by atoms with Gasteiger partial charge in [-0.25, -0.2) is 0 Å². The molecule has 18 heavy (non-hydrogen) atoms. The molecule has 2 aromatic rings. The molecule has 0 spiro atoms. The summed E-state index contributed by atoms with van der Waals surface area (Å²) in [6.07, 6.45) is 0. The molecular formula is C15H15NO2. The van der Waals surface area contributed by atoms with Crippen molar-refractivity contribution in [1.82, 2.24) is 0 Å². The highest BCUT2D eigenvalue weighted by Gasteiger charge is 2.29. The van der Waals surface area contributed by atoms with Crippen LogP contribution in [0.25, 0.3) is 0 Å². The molecule has 0 N–H and O–H groups in total. The average Bonchev–Trinajstić information content (AvgIpc) is 2.41. The van der Waals surface area contributed by atoms with Gasteiger partial charge in [-0.05, 0) is 11.1 Å². The maximum Gasteiger partial charge on any atom is 0.221 e. The third kappa shape index (κ3) is 2.56. The number of nitrogens with zero attached hydrogens (tertiary/aromatic N) is 1. The molecule has 0 fully saturated rings. The first kappa shape index (κ1) is 12.3. The molecule has 3 nitrogen and oxygen atoms in total. The van der Waals surface area contributed by atoms with Crippen molar-refractivity contribution >= 4 is 0 Å². The molecule has 0 bridgehead atoms. The minimum absolute atomic E-state index is 0.206. The van der Waals surface area contributed by atoms with Crippen molar-refractivity contribution in [2.24, 2.45) is 0 Å². The monoisotopic (exact) mass is 241 g/mol. The third-order valence-corrected chi connectivity index (χ3v) is 3.13. The van der Waals surface area contributed by atoms with Crippen LogP contribution in [0.4, 0.5) is 0 Å². The van der Waals surface area contributed by atoms with Gasteiger partial charge in [-0.1, -0.05) is 60.7 Å². The molecule has 92 valence electrons. The Bertz CT molecular complexity index is 471. The number of hydrogen-bond acceptors (Lipinski definition) is 2. The van der Waals surface area contributed by atoms with Crippen molar-refractivity contribution < 1.29 is 4.92 Å². The summed E-state index contributed by atoms with van der Waals surface area (Å²) in [5.41, 5.74) is 1.96. The van der Waals surface area contributed by atoms with Crippen LogP contribution in [0.5, 0.6) is 0 Å². The molecule has 0 radical (unpaired) electrons. The largest absolute Gasteiger partial charge is 0.264 e. The summed E-state index contributed by atoms with van der Waals surface area (Å²) in [5, 5.41) is 11.1. The van der Waals surface area contributed by atoms with E-state index < -0.39 is 6.04 Å². The highest BCUT2D eigenvalue weighted by Crippen LogP contribution is 2.29. The van der Waals surface area contributed by atoms with Gasteiger partial charge in [-0.2, -0.15) is 0 Å². The highest BCUT2D eigenvalue weighted by atomic mass is 16.6. The van der Waals surface area contributed by atoms with Crippen LogP contribution in [-0.2, 0) is 0 Å². The summed E-state index contributed by atoms with van der Waals surface area (Å²) in [4.78, 5) is 10.9. The first-order valence-electron chi connectivity index (χ1n) is 5.93. The summed E-state index contributed by atoms with van der Waals surface area (Å²) in [7, 11) is 0. The molecular weight excluding hydrogens is 226 g/mol. The zero-order valence-electron chi connectivity index (χ0n) is 10.2. The lowest BCUT2D eigenvalue weighted by atomic mass is 9.86. The molecule has 0 amide bonds. The van der Waals surface area contributed by atoms with Gasteiger partial charge in [0.1, 0.15) is 0 Å². The fourth-order valence-electron chi connectivity index (χ4n) is 2.19. The molecule has 0 saturated heterocycles. The maximum absolute atomic E-state index is 11.1. The number of benzene rings is 2. The molecule has 0 aromatic heterocycles. The van der Waals surface area contributed by atoms with Crippen LogP contribution in [0.15, 0.2) is 60.7 Å². The first-order chi connectivity index (χ1) is 8.70. The zero-order chi connectivity index (χ0) is 13.0. The summed E-state index contributed by atoms with van der Waals surface area (Å²) < 4.78 is 0. The molecule has 3 heteroatoms. The Morgan fingerprint density at radius 1 is 0.889 bits per heavy atom. The molecule has 0 aliphatic rings. The van der Waals surface area contributed by atoms with E-state index in [1.54, 1.807) is 6.92 Å². The molecule has 0 aliphatic carbocycles. The predicted octanol–water partition coefficient (Wildman–Crippen LogP) is 3.48. The van der Waals surface area contributed by atoms with Gasteiger partial charge >= 0.3 is 0 Å². The van der Waals surface area contributed by atoms with E-state index in [9.17, 15) is 10.1 Å². The van der Waals surface area contributed by atoms with Crippen molar-refractivity contribution in [3.8, 4) is 0 Å². The van der Waals surface area contributed by atoms with E-state index in [4.69, 9.17) is 0 Å². The van der Waals surface area contributed by atoms with Crippen LogP contribution in [-0.4, -0.2) is 11.0 Å². The van der Waals surface area contributed by atoms with Crippen molar-refractivity contribution in [3.05, 3.63) is 81.9 Å². The van der Waals surface area contributed by atoms with E-state index >= 15 is 0 Å². The van der Waals surface area contributed by atoms with Gasteiger partial charge in [-0.15, -0.1) is 0 Å². The fraction of sp³-hybridized carbons (Fsp3) is 0.200. The minimum Gasteiger partial charge on any atom is -0.264 e. The van der Waals surface area contributed by atoms with E-state index in [0.29, 0.717) is 0 Å². The summed E-state index contributed by atoms with van der Waals surface area (Å²) >= 11 is 0. The summed E-state index contributed by atoms with van der Waals surface area (Å²) in [6.45, 7) is 1.66.